The highest BCUT2D eigenvalue weighted by molar-refractivity contribution is 6.22. The van der Waals surface area contributed by atoms with Crippen molar-refractivity contribution in [1.29, 1.82) is 0 Å². The maximum absolute atomic E-state index is 9.44. The van der Waals surface area contributed by atoms with Crippen molar-refractivity contribution in [3.63, 3.8) is 0 Å². The molecule has 1 heterocycles. The smallest absolute Gasteiger partial charge is 0.114 e. The largest absolute Gasteiger partial charge is 0.296 e. The van der Waals surface area contributed by atoms with Crippen LogP contribution in [-0.4, -0.2) is 9.55 Å². The van der Waals surface area contributed by atoms with Gasteiger partial charge < -0.3 is 0 Å². The molecule has 49 heavy (non-hydrogen) atoms. The van der Waals surface area contributed by atoms with Crippen LogP contribution < -0.4 is 0 Å². The summed E-state index contributed by atoms with van der Waals surface area (Å²) in [6.07, 6.45) is 0.689. The van der Waals surface area contributed by atoms with E-state index in [9.17, 15) is 5.48 Å². The summed E-state index contributed by atoms with van der Waals surface area (Å²) in [4.78, 5) is 4.85. The number of hydrogen-bond acceptors (Lipinski definition) is 1. The average molecular weight is 640 g/mol. The molecule has 1 aromatic heterocycles. The van der Waals surface area contributed by atoms with Gasteiger partial charge >= 0.3 is 0 Å². The van der Waals surface area contributed by atoms with E-state index in [4.69, 9.17) is 17.3 Å². The molecule has 8 aromatic carbocycles. The van der Waals surface area contributed by atoms with Crippen molar-refractivity contribution in [3.8, 4) is 50.2 Å². The van der Waals surface area contributed by atoms with Gasteiger partial charge in [0.15, 0.2) is 0 Å². The topological polar surface area (TPSA) is 17.8 Å². The second-order valence-electron chi connectivity index (χ2n) is 11.6. The molecule has 0 aliphatic rings. The Kier molecular flexibility index (Phi) is 4.52. The Balaban J connectivity index is 1.40. The fourth-order valence-corrected chi connectivity index (χ4v) is 6.77. The lowest BCUT2D eigenvalue weighted by molar-refractivity contribution is 0.908. The molecule has 0 N–H and O–H groups in total. The Morgan fingerprint density at radius 2 is 1.08 bits per heavy atom. The molecule has 0 atom stereocenters. The minimum Gasteiger partial charge on any atom is -0.296 e. The van der Waals surface area contributed by atoms with Gasteiger partial charge in [0.25, 0.3) is 0 Å². The summed E-state index contributed by atoms with van der Waals surface area (Å²) in [5, 5.41) is -0.143. The van der Waals surface area contributed by atoms with Gasteiger partial charge in [-0.15, -0.1) is 0 Å². The van der Waals surface area contributed by atoms with Crippen LogP contribution in [0.1, 0.15) is 30.6 Å². The third kappa shape index (κ3) is 4.92. The van der Waals surface area contributed by atoms with Crippen molar-refractivity contribution >= 4 is 32.6 Å². The zero-order chi connectivity index (χ0) is 44.0. The van der Waals surface area contributed by atoms with Crippen molar-refractivity contribution in [2.24, 2.45) is 0 Å². The third-order valence-electron chi connectivity index (χ3n) is 8.88. The number of nitrogens with zero attached hydrogens (tertiary/aromatic N) is 2. The first-order valence-electron chi connectivity index (χ1n) is 22.5. The minimum absolute atomic E-state index is 0.00306. The number of imidazole rings is 1. The maximum atomic E-state index is 9.44. The predicted molar refractivity (Wildman–Crippen MR) is 207 cm³/mol. The molecule has 0 spiro atoms. The van der Waals surface area contributed by atoms with Crippen LogP contribution >= 0.6 is 0 Å². The van der Waals surface area contributed by atoms with Gasteiger partial charge in [-0.05, 0) is 96.4 Å². The molecule has 0 bridgehead atoms. The van der Waals surface area contributed by atoms with Crippen LogP contribution in [0.4, 0.5) is 0 Å². The molecule has 2 heteroatoms. The molecule has 0 fully saturated rings. The van der Waals surface area contributed by atoms with Crippen LogP contribution in [0.3, 0.4) is 0 Å². The summed E-state index contributed by atoms with van der Waals surface area (Å²) in [5.74, 6) is 0.881. The predicted octanol–water partition coefficient (Wildman–Crippen LogP) is 12.6. The summed E-state index contributed by atoms with van der Waals surface area (Å²) < 4.78 is 118. The Hall–Kier alpha value is -6.25. The normalized spacial score (nSPS) is 15.2. The summed E-state index contributed by atoms with van der Waals surface area (Å²) in [5.41, 5.74) is 4.89. The van der Waals surface area contributed by atoms with E-state index in [2.05, 4.69) is 4.57 Å². The highest BCUT2D eigenvalue weighted by Gasteiger charge is 2.19. The molecule has 0 radical (unpaired) electrons. The number of aromatic nitrogens is 2. The highest BCUT2D eigenvalue weighted by atomic mass is 15.1. The van der Waals surface area contributed by atoms with E-state index in [1.54, 1.807) is 30.3 Å². The highest BCUT2D eigenvalue weighted by Crippen LogP contribution is 2.46. The zero-order valence-electron chi connectivity index (χ0n) is 39.3. The van der Waals surface area contributed by atoms with Gasteiger partial charge in [0, 0.05) is 12.1 Å². The van der Waals surface area contributed by atoms with Crippen LogP contribution in [0, 0.1) is 0 Å². The van der Waals surface area contributed by atoms with E-state index in [0.29, 0.717) is 12.0 Å². The molecule has 0 aliphatic carbocycles. The quantitative estimate of drug-likeness (QED) is 0.166. The van der Waals surface area contributed by atoms with Crippen molar-refractivity contribution in [2.45, 2.75) is 13.3 Å². The van der Waals surface area contributed by atoms with E-state index in [1.165, 1.54) is 6.07 Å². The summed E-state index contributed by atoms with van der Waals surface area (Å²) in [6, 6.07) is 22.4. The zero-order valence-corrected chi connectivity index (χ0v) is 26.3. The summed E-state index contributed by atoms with van der Waals surface area (Å²) in [7, 11) is 0. The van der Waals surface area contributed by atoms with Crippen LogP contribution in [0.15, 0.2) is 176 Å². The average Bonchev–Trinajstić information content (AvgIpc) is 3.68. The van der Waals surface area contributed by atoms with Crippen molar-refractivity contribution in [2.75, 3.05) is 0 Å². The van der Waals surface area contributed by atoms with Gasteiger partial charge in [-0.25, -0.2) is 4.98 Å². The minimum atomic E-state index is -0.598. The number of rotatable bonds is 6. The number of para-hydroxylation sites is 2. The number of fused-ring (bicyclic) bond motifs is 3. The van der Waals surface area contributed by atoms with Crippen molar-refractivity contribution in [1.82, 2.24) is 9.55 Å². The lowest BCUT2D eigenvalue weighted by atomic mass is 9.83. The molecule has 9 aromatic rings. The number of aryl methyl sites for hydroxylation is 1. The fraction of sp³-hybridized carbons (Fsp3) is 0.0426. The molecule has 9 rings (SSSR count). The van der Waals surface area contributed by atoms with Crippen molar-refractivity contribution in [3.05, 3.63) is 181 Å². The first kappa shape index (κ1) is 18.3. The van der Waals surface area contributed by atoms with E-state index in [0.717, 1.165) is 33.7 Å². The third-order valence-corrected chi connectivity index (χ3v) is 8.88. The second kappa shape index (κ2) is 12.1. The second-order valence-corrected chi connectivity index (χ2v) is 11.6. The van der Waals surface area contributed by atoms with Gasteiger partial charge in [0.1, 0.15) is 5.82 Å². The molecule has 0 amide bonds. The Morgan fingerprint density at radius 3 is 1.80 bits per heavy atom. The van der Waals surface area contributed by atoms with Gasteiger partial charge in [-0.2, -0.15) is 0 Å². The lowest BCUT2D eigenvalue weighted by Crippen LogP contribution is -2.00. The maximum Gasteiger partial charge on any atom is 0.114 e. The monoisotopic (exact) mass is 639 g/mol. The van der Waals surface area contributed by atoms with Crippen LogP contribution in [0.25, 0.3) is 82.8 Å². The lowest BCUT2D eigenvalue weighted by Gasteiger charge is -2.20. The SMILES string of the molecule is [2H]c1c([2H])c([2H])c(-c2ccccc2-c2c3c([2H])c([2H])c([2H])c([2H])c3c(-c3cccc(-c4cccc(-n5c(CC)nc6ccccc65)c4)c3)c3c([2H])c([2H])c([2H])c([2H])c23)c([2H])c1[2H]. The first-order chi connectivity index (χ1) is 29.7. The van der Waals surface area contributed by atoms with E-state index < -0.39 is 78.6 Å². The van der Waals surface area contributed by atoms with Crippen LogP contribution in [-0.2, 0) is 6.42 Å². The van der Waals surface area contributed by atoms with Crippen LogP contribution in [0.2, 0.25) is 0 Å². The summed E-state index contributed by atoms with van der Waals surface area (Å²) in [6.45, 7) is 2.04. The fourth-order valence-electron chi connectivity index (χ4n) is 6.77. The van der Waals surface area contributed by atoms with E-state index >= 15 is 0 Å². The Morgan fingerprint density at radius 1 is 0.510 bits per heavy atom. The van der Waals surface area contributed by atoms with Crippen LogP contribution in [0.5, 0.6) is 0 Å². The molecule has 0 saturated carbocycles. The first-order valence-corrected chi connectivity index (χ1v) is 16.0. The van der Waals surface area contributed by atoms with Crippen molar-refractivity contribution < 1.29 is 17.8 Å². The van der Waals surface area contributed by atoms with Gasteiger partial charge in [0.2, 0.25) is 0 Å². The van der Waals surface area contributed by atoms with Gasteiger partial charge in [-0.3, -0.25) is 4.57 Å². The van der Waals surface area contributed by atoms with Gasteiger partial charge in [-0.1, -0.05) is 152 Å². The molecule has 0 unspecified atom stereocenters. The number of hydrogen-bond donors (Lipinski definition) is 0. The molecule has 0 saturated heterocycles. The molecular weight excluding hydrogens is 593 g/mol. The Labute approximate surface area is 304 Å². The standard InChI is InChI=1S/C47H34N2/c1-2-45-48-43-28-12-13-29-44(43)49(45)36-21-15-19-34(31-36)33-18-14-20-35(30-33)46-39-24-8-10-26-41(39)47(42-27-11-9-25-40(42)46)38-23-7-6-22-37(38)32-16-4-3-5-17-32/h3-31H,2H2,1H3/i3D,4D,5D,8D,9D,10D,11D,16D,17D,24D,25D,26D,27D. The molecule has 2 nitrogen and oxygen atoms in total. The van der Waals surface area contributed by atoms with E-state index in [1.807, 2.05) is 67.6 Å². The van der Waals surface area contributed by atoms with E-state index in [-0.39, 0.29) is 49.4 Å². The summed E-state index contributed by atoms with van der Waals surface area (Å²) >= 11 is 0. The Bertz CT molecular complexity index is 3280. The van der Waals surface area contributed by atoms with Gasteiger partial charge in [0.05, 0.1) is 28.9 Å². The molecular formula is C47H34N2. The molecule has 0 aliphatic heterocycles. The molecule has 232 valence electrons. The number of benzene rings is 8.